The SMILES string of the molecule is C1=Cc2cc3ccc(cc4nc(cc5ccc(cc1n2)n5-c1ccccc1)C=C4)n3-c1ccccc1.[Mn+3]. The van der Waals surface area contributed by atoms with E-state index in [1.54, 1.807) is 0 Å². The van der Waals surface area contributed by atoms with Crippen molar-refractivity contribution in [2.45, 2.75) is 0 Å². The number of hydrogen-bond acceptors (Lipinski definition) is 2. The van der Waals surface area contributed by atoms with E-state index in [0.29, 0.717) is 0 Å². The second-order valence-corrected chi connectivity index (χ2v) is 8.88. The Morgan fingerprint density at radius 3 is 0.973 bits per heavy atom. The van der Waals surface area contributed by atoms with E-state index in [4.69, 9.17) is 9.97 Å². The Labute approximate surface area is 225 Å². The summed E-state index contributed by atoms with van der Waals surface area (Å²) in [6.07, 6.45) is 8.29. The van der Waals surface area contributed by atoms with Crippen LogP contribution in [0.4, 0.5) is 0 Å². The Kier molecular flexibility index (Phi) is 5.93. The molecule has 5 aromatic rings. The Hall–Kier alpha value is -4.44. The number of hydrogen-bond donors (Lipinski definition) is 0. The van der Waals surface area contributed by atoms with Crippen molar-refractivity contribution in [2.75, 3.05) is 0 Å². The largest absolute Gasteiger partial charge is 3.00 e. The number of fused-ring (bicyclic) bond motifs is 8. The molecule has 3 aromatic heterocycles. The molecule has 0 aliphatic carbocycles. The molecule has 2 aliphatic rings. The standard InChI is InChI=1S/C32H22N4.Mn/c1-3-7-27(8-4-1)35-29-15-16-30(35)20-24-12-14-26(34-24)22-32-18-17-31(21-25-13-11-23(19-29)33-25)36(32)28-9-5-2-6-10-28;/h1-22H;/q;+3. The minimum absolute atomic E-state index is 0. The van der Waals surface area contributed by atoms with Gasteiger partial charge in [-0.25, -0.2) is 9.97 Å². The molecule has 2 aromatic carbocycles. The van der Waals surface area contributed by atoms with Gasteiger partial charge in [0.25, 0.3) is 0 Å². The quantitative estimate of drug-likeness (QED) is 0.222. The Balaban J connectivity index is 0.00000252. The summed E-state index contributed by atoms with van der Waals surface area (Å²) in [5, 5.41) is 0. The smallest absolute Gasteiger partial charge is 0.310 e. The third kappa shape index (κ3) is 4.36. The van der Waals surface area contributed by atoms with Crippen LogP contribution in [0.5, 0.6) is 0 Å². The Morgan fingerprint density at radius 1 is 0.378 bits per heavy atom. The van der Waals surface area contributed by atoms with Crippen LogP contribution in [0, 0.1) is 0 Å². The number of para-hydroxylation sites is 2. The van der Waals surface area contributed by atoms with Crippen LogP contribution in [0.15, 0.2) is 109 Å². The van der Waals surface area contributed by atoms with Crippen molar-refractivity contribution in [2.24, 2.45) is 0 Å². The third-order valence-corrected chi connectivity index (χ3v) is 6.46. The molecule has 0 spiro atoms. The Bertz CT molecular complexity index is 1600. The van der Waals surface area contributed by atoms with Gasteiger partial charge in [-0.3, -0.25) is 0 Å². The number of aromatic nitrogens is 4. The summed E-state index contributed by atoms with van der Waals surface area (Å²) in [6.45, 7) is 0. The van der Waals surface area contributed by atoms with Crippen LogP contribution in [0.3, 0.4) is 0 Å². The van der Waals surface area contributed by atoms with Crippen molar-refractivity contribution < 1.29 is 17.1 Å². The predicted octanol–water partition coefficient (Wildman–Crippen LogP) is 7.58. The molecule has 0 N–H and O–H groups in total. The van der Waals surface area contributed by atoms with Crippen LogP contribution in [0.1, 0.15) is 22.8 Å². The van der Waals surface area contributed by atoms with Crippen LogP contribution in [-0.4, -0.2) is 19.1 Å². The fourth-order valence-electron chi connectivity index (χ4n) is 4.86. The molecule has 0 unspecified atom stereocenters. The fourth-order valence-corrected chi connectivity index (χ4v) is 4.86. The van der Waals surface area contributed by atoms with Gasteiger partial charge < -0.3 is 9.13 Å². The number of benzene rings is 2. The fraction of sp³-hybridized carbons (Fsp3) is 0. The molecule has 0 saturated carbocycles. The summed E-state index contributed by atoms with van der Waals surface area (Å²) in [5.74, 6) is 0. The zero-order valence-electron chi connectivity index (χ0n) is 19.9. The molecular weight excluding hydrogens is 495 g/mol. The van der Waals surface area contributed by atoms with Crippen LogP contribution < -0.4 is 0 Å². The van der Waals surface area contributed by atoms with Gasteiger partial charge in [-0.05, 0) is 97.1 Å². The molecule has 5 heterocycles. The molecule has 8 bridgehead atoms. The van der Waals surface area contributed by atoms with Crippen LogP contribution >= 0.6 is 0 Å². The van der Waals surface area contributed by atoms with Crippen LogP contribution in [0.25, 0.3) is 57.7 Å². The van der Waals surface area contributed by atoms with Crippen molar-refractivity contribution in [1.82, 2.24) is 19.1 Å². The minimum Gasteiger partial charge on any atom is -0.310 e. The van der Waals surface area contributed by atoms with E-state index in [-0.39, 0.29) is 17.1 Å². The van der Waals surface area contributed by atoms with Gasteiger partial charge in [0.1, 0.15) is 0 Å². The molecule has 2 aliphatic heterocycles. The molecule has 0 saturated heterocycles. The van der Waals surface area contributed by atoms with E-state index in [1.165, 1.54) is 0 Å². The predicted molar refractivity (Wildman–Crippen MR) is 149 cm³/mol. The first-order valence-corrected chi connectivity index (χ1v) is 12.0. The molecule has 37 heavy (non-hydrogen) atoms. The molecular formula is C32H22MnN4+3. The summed E-state index contributed by atoms with van der Waals surface area (Å²) < 4.78 is 4.49. The average Bonchev–Trinajstić information content (AvgIpc) is 3.70. The molecule has 7 rings (SSSR count). The third-order valence-electron chi connectivity index (χ3n) is 6.46. The summed E-state index contributed by atoms with van der Waals surface area (Å²) in [4.78, 5) is 9.83. The van der Waals surface area contributed by atoms with Crippen molar-refractivity contribution >= 4 is 46.4 Å². The normalized spacial score (nSPS) is 11.9. The van der Waals surface area contributed by atoms with E-state index in [9.17, 15) is 0 Å². The van der Waals surface area contributed by atoms with Gasteiger partial charge in [-0.15, -0.1) is 0 Å². The Morgan fingerprint density at radius 2 is 0.676 bits per heavy atom. The van der Waals surface area contributed by atoms with E-state index in [1.807, 2.05) is 12.1 Å². The second kappa shape index (κ2) is 9.55. The molecule has 174 valence electrons. The maximum atomic E-state index is 4.92. The van der Waals surface area contributed by atoms with Gasteiger partial charge in [0, 0.05) is 33.4 Å². The summed E-state index contributed by atoms with van der Waals surface area (Å²) in [6, 6.07) is 37.9. The molecule has 0 atom stereocenters. The van der Waals surface area contributed by atoms with Gasteiger partial charge in [0.2, 0.25) is 0 Å². The first kappa shape index (κ1) is 23.0. The molecule has 4 nitrogen and oxygen atoms in total. The van der Waals surface area contributed by atoms with Gasteiger partial charge in [0.15, 0.2) is 0 Å². The molecule has 0 amide bonds. The maximum absolute atomic E-state index is 4.92. The zero-order chi connectivity index (χ0) is 23.9. The van der Waals surface area contributed by atoms with E-state index >= 15 is 0 Å². The summed E-state index contributed by atoms with van der Waals surface area (Å²) in [7, 11) is 0. The van der Waals surface area contributed by atoms with E-state index in [0.717, 1.165) is 56.2 Å². The van der Waals surface area contributed by atoms with Crippen LogP contribution in [-0.2, 0) is 17.1 Å². The zero-order valence-corrected chi connectivity index (χ0v) is 21.0. The van der Waals surface area contributed by atoms with Gasteiger partial charge in [0.05, 0.1) is 22.8 Å². The van der Waals surface area contributed by atoms with Crippen molar-refractivity contribution in [3.63, 3.8) is 0 Å². The van der Waals surface area contributed by atoms with Gasteiger partial charge >= 0.3 is 17.1 Å². The minimum atomic E-state index is 0. The van der Waals surface area contributed by atoms with Crippen LogP contribution in [0.2, 0.25) is 0 Å². The monoisotopic (exact) mass is 517 g/mol. The van der Waals surface area contributed by atoms with E-state index in [2.05, 4.69) is 131 Å². The molecule has 0 fully saturated rings. The molecule has 0 radical (unpaired) electrons. The topological polar surface area (TPSA) is 35.6 Å². The molecule has 5 heteroatoms. The first-order chi connectivity index (χ1) is 17.8. The maximum Gasteiger partial charge on any atom is 3.00 e. The van der Waals surface area contributed by atoms with E-state index < -0.39 is 0 Å². The van der Waals surface area contributed by atoms with Gasteiger partial charge in [-0.1, -0.05) is 36.4 Å². The summed E-state index contributed by atoms with van der Waals surface area (Å²) >= 11 is 0. The van der Waals surface area contributed by atoms with Crippen molar-refractivity contribution in [1.29, 1.82) is 0 Å². The van der Waals surface area contributed by atoms with Crippen molar-refractivity contribution in [3.8, 4) is 11.4 Å². The number of rotatable bonds is 2. The first-order valence-electron chi connectivity index (χ1n) is 12.0. The average molecular weight is 517 g/mol. The second-order valence-electron chi connectivity index (χ2n) is 8.88. The van der Waals surface area contributed by atoms with Crippen molar-refractivity contribution in [3.05, 3.63) is 132 Å². The number of nitrogens with zero attached hydrogens (tertiary/aromatic N) is 4. The van der Waals surface area contributed by atoms with Gasteiger partial charge in [-0.2, -0.15) is 0 Å². The summed E-state index contributed by atoms with van der Waals surface area (Å²) in [5.41, 5.74) is 10.2.